The van der Waals surface area contributed by atoms with E-state index in [0.29, 0.717) is 0 Å². The highest BCUT2D eigenvalue weighted by Gasteiger charge is 2.29. The second-order valence-electron chi connectivity index (χ2n) is 6.78. The molecule has 4 heterocycles. The van der Waals surface area contributed by atoms with Crippen LogP contribution in [0, 0.1) is 0 Å². The molecule has 0 aromatic carbocycles. The highest BCUT2D eigenvalue weighted by molar-refractivity contribution is 7.13. The van der Waals surface area contributed by atoms with Gasteiger partial charge in [-0.05, 0) is 12.8 Å². The lowest BCUT2D eigenvalue weighted by Gasteiger charge is -2.26. The molecule has 0 radical (unpaired) electrons. The maximum absolute atomic E-state index is 4.79. The molecule has 2 aliphatic rings. The fourth-order valence-corrected chi connectivity index (χ4v) is 4.25. The molecular formula is C17H20N6S. The van der Waals surface area contributed by atoms with Crippen molar-refractivity contribution in [3.05, 3.63) is 41.2 Å². The Morgan fingerprint density at radius 3 is 3.04 bits per heavy atom. The Hall–Kier alpha value is -1.99. The number of rotatable bonds is 4. The summed E-state index contributed by atoms with van der Waals surface area (Å²) < 4.78 is 4.23. The van der Waals surface area contributed by atoms with Crippen LogP contribution in [-0.4, -0.2) is 35.8 Å². The Morgan fingerprint density at radius 2 is 2.25 bits per heavy atom. The van der Waals surface area contributed by atoms with E-state index < -0.39 is 0 Å². The smallest absolute Gasteiger partial charge is 0.126 e. The SMILES string of the molecule is Cn1cc(-c2nc(CN3CCc4c(ncn4C4CC4)C3)cs2)cn1. The number of aryl methyl sites for hydroxylation is 1. The topological polar surface area (TPSA) is 51.8 Å². The molecule has 3 aromatic rings. The summed E-state index contributed by atoms with van der Waals surface area (Å²) in [6, 6.07) is 0.730. The van der Waals surface area contributed by atoms with Gasteiger partial charge in [0.2, 0.25) is 0 Å². The van der Waals surface area contributed by atoms with Gasteiger partial charge in [-0.2, -0.15) is 5.10 Å². The first kappa shape index (κ1) is 14.4. The van der Waals surface area contributed by atoms with E-state index in [1.54, 1.807) is 11.3 Å². The third kappa shape index (κ3) is 2.57. The van der Waals surface area contributed by atoms with Gasteiger partial charge in [0, 0.05) is 62.0 Å². The Balaban J connectivity index is 1.29. The average Bonchev–Trinajstić information content (AvgIpc) is 2.97. The van der Waals surface area contributed by atoms with Crippen LogP contribution in [0.4, 0.5) is 0 Å². The standard InChI is InChI=1S/C17H20N6S/c1-21-7-12(6-19-21)17-20-13(10-24-17)8-22-5-4-16-15(9-22)18-11-23(16)14-2-3-14/h6-7,10-11,14H,2-5,8-9H2,1H3. The zero-order valence-electron chi connectivity index (χ0n) is 13.7. The van der Waals surface area contributed by atoms with Gasteiger partial charge in [0.25, 0.3) is 0 Å². The van der Waals surface area contributed by atoms with Crippen molar-refractivity contribution in [1.29, 1.82) is 0 Å². The van der Waals surface area contributed by atoms with E-state index in [4.69, 9.17) is 4.98 Å². The van der Waals surface area contributed by atoms with Crippen molar-refractivity contribution >= 4 is 11.3 Å². The molecule has 0 spiro atoms. The average molecular weight is 340 g/mol. The van der Waals surface area contributed by atoms with Crippen molar-refractivity contribution in [2.45, 2.75) is 38.4 Å². The lowest BCUT2D eigenvalue weighted by Crippen LogP contribution is -2.31. The summed E-state index contributed by atoms with van der Waals surface area (Å²) in [5, 5.41) is 7.44. The van der Waals surface area contributed by atoms with Crippen LogP contribution in [0.2, 0.25) is 0 Å². The molecular weight excluding hydrogens is 320 g/mol. The van der Waals surface area contributed by atoms with Gasteiger partial charge in [0.1, 0.15) is 5.01 Å². The molecule has 124 valence electrons. The van der Waals surface area contributed by atoms with Crippen LogP contribution in [0.5, 0.6) is 0 Å². The zero-order valence-corrected chi connectivity index (χ0v) is 14.5. The molecule has 0 amide bonds. The first-order valence-corrected chi connectivity index (χ1v) is 9.34. The summed E-state index contributed by atoms with van der Waals surface area (Å²) in [6.07, 6.45) is 9.69. The number of fused-ring (bicyclic) bond motifs is 1. The maximum atomic E-state index is 4.79. The van der Waals surface area contributed by atoms with Crippen LogP contribution in [0.25, 0.3) is 10.6 Å². The quantitative estimate of drug-likeness (QED) is 0.733. The van der Waals surface area contributed by atoms with E-state index >= 15 is 0 Å². The number of hydrogen-bond acceptors (Lipinski definition) is 5. The minimum Gasteiger partial charge on any atom is -0.331 e. The molecule has 0 unspecified atom stereocenters. The number of hydrogen-bond donors (Lipinski definition) is 0. The molecule has 24 heavy (non-hydrogen) atoms. The minimum absolute atomic E-state index is 0.730. The molecule has 5 rings (SSSR count). The number of nitrogens with zero attached hydrogens (tertiary/aromatic N) is 6. The van der Waals surface area contributed by atoms with Gasteiger partial charge < -0.3 is 4.57 Å². The molecule has 0 N–H and O–H groups in total. The second-order valence-corrected chi connectivity index (χ2v) is 7.64. The highest BCUT2D eigenvalue weighted by atomic mass is 32.1. The van der Waals surface area contributed by atoms with Crippen molar-refractivity contribution < 1.29 is 0 Å². The predicted octanol–water partition coefficient (Wildman–Crippen LogP) is 2.63. The first-order valence-electron chi connectivity index (χ1n) is 8.46. The van der Waals surface area contributed by atoms with E-state index in [1.165, 1.54) is 24.2 Å². The first-order chi connectivity index (χ1) is 11.8. The van der Waals surface area contributed by atoms with E-state index in [-0.39, 0.29) is 0 Å². The summed E-state index contributed by atoms with van der Waals surface area (Å²) in [6.45, 7) is 2.92. The third-order valence-electron chi connectivity index (χ3n) is 4.85. The normalized spacial score (nSPS) is 18.0. The number of aromatic nitrogens is 5. The molecule has 1 aliphatic heterocycles. The van der Waals surface area contributed by atoms with Crippen LogP contribution < -0.4 is 0 Å². The van der Waals surface area contributed by atoms with Crippen molar-refractivity contribution in [3.8, 4) is 10.6 Å². The Morgan fingerprint density at radius 1 is 1.33 bits per heavy atom. The van der Waals surface area contributed by atoms with Gasteiger partial charge in [-0.15, -0.1) is 11.3 Å². The van der Waals surface area contributed by atoms with Crippen molar-refractivity contribution in [2.75, 3.05) is 6.54 Å². The molecule has 3 aromatic heterocycles. The van der Waals surface area contributed by atoms with Crippen molar-refractivity contribution in [1.82, 2.24) is 29.2 Å². The Labute approximate surface area is 144 Å². The predicted molar refractivity (Wildman–Crippen MR) is 92.6 cm³/mol. The van der Waals surface area contributed by atoms with Gasteiger partial charge in [0.15, 0.2) is 0 Å². The maximum Gasteiger partial charge on any atom is 0.126 e. The van der Waals surface area contributed by atoms with Crippen LogP contribution in [0.1, 0.15) is 36.0 Å². The third-order valence-corrected chi connectivity index (χ3v) is 5.79. The number of thiazole rings is 1. The molecule has 0 bridgehead atoms. The van der Waals surface area contributed by atoms with Crippen LogP contribution in [0.15, 0.2) is 24.1 Å². The fourth-order valence-electron chi connectivity index (χ4n) is 3.46. The van der Waals surface area contributed by atoms with E-state index in [1.807, 2.05) is 24.1 Å². The summed E-state index contributed by atoms with van der Waals surface area (Å²) in [5.41, 5.74) is 4.96. The largest absolute Gasteiger partial charge is 0.331 e. The molecule has 0 atom stereocenters. The summed E-state index contributed by atoms with van der Waals surface area (Å²) in [5.74, 6) is 0. The summed E-state index contributed by atoms with van der Waals surface area (Å²) in [7, 11) is 1.93. The van der Waals surface area contributed by atoms with E-state index in [9.17, 15) is 0 Å². The highest BCUT2D eigenvalue weighted by Crippen LogP contribution is 2.37. The fraction of sp³-hybridized carbons (Fsp3) is 0.471. The minimum atomic E-state index is 0.730. The van der Waals surface area contributed by atoms with Gasteiger partial charge in [-0.3, -0.25) is 9.58 Å². The number of imidazole rings is 1. The second kappa shape index (κ2) is 5.53. The summed E-state index contributed by atoms with van der Waals surface area (Å²) >= 11 is 1.70. The van der Waals surface area contributed by atoms with Gasteiger partial charge in [0.05, 0.1) is 23.9 Å². The van der Waals surface area contributed by atoms with Crippen molar-refractivity contribution in [3.63, 3.8) is 0 Å². The van der Waals surface area contributed by atoms with Crippen LogP contribution in [-0.2, 0) is 26.6 Å². The monoisotopic (exact) mass is 340 g/mol. The van der Waals surface area contributed by atoms with Crippen LogP contribution >= 0.6 is 11.3 Å². The lowest BCUT2D eigenvalue weighted by atomic mass is 10.1. The Kier molecular flexibility index (Phi) is 3.31. The zero-order chi connectivity index (χ0) is 16.1. The molecule has 7 heteroatoms. The molecule has 6 nitrogen and oxygen atoms in total. The van der Waals surface area contributed by atoms with Gasteiger partial charge in [-0.25, -0.2) is 9.97 Å². The molecule has 1 aliphatic carbocycles. The molecule has 0 saturated heterocycles. The van der Waals surface area contributed by atoms with Gasteiger partial charge in [-0.1, -0.05) is 0 Å². The van der Waals surface area contributed by atoms with Crippen molar-refractivity contribution in [2.24, 2.45) is 7.05 Å². The lowest BCUT2D eigenvalue weighted by molar-refractivity contribution is 0.237. The van der Waals surface area contributed by atoms with E-state index in [2.05, 4.69) is 31.3 Å². The Bertz CT molecular complexity index is 871. The molecule has 1 fully saturated rings. The molecule has 1 saturated carbocycles. The van der Waals surface area contributed by atoms with Gasteiger partial charge >= 0.3 is 0 Å². The van der Waals surface area contributed by atoms with Crippen LogP contribution in [0.3, 0.4) is 0 Å². The van der Waals surface area contributed by atoms with E-state index in [0.717, 1.165) is 48.4 Å². The summed E-state index contributed by atoms with van der Waals surface area (Å²) in [4.78, 5) is 11.9.